The van der Waals surface area contributed by atoms with E-state index in [0.29, 0.717) is 0 Å². The summed E-state index contributed by atoms with van der Waals surface area (Å²) in [5.74, 6) is 0.993. The number of hydrogen-bond acceptors (Lipinski definition) is 4. The van der Waals surface area contributed by atoms with Crippen LogP contribution in [0.25, 0.3) is 21.8 Å². The van der Waals surface area contributed by atoms with Crippen LogP contribution in [0.5, 0.6) is 5.75 Å². The fraction of sp³-hybridized carbons (Fsp3) is 0.214. The van der Waals surface area contributed by atoms with E-state index in [4.69, 9.17) is 4.74 Å². The fourth-order valence-electron chi connectivity index (χ4n) is 5.71. The zero-order valence-electron chi connectivity index (χ0n) is 18.2. The second-order valence-corrected chi connectivity index (χ2v) is 8.97. The Hall–Kier alpha value is -3.70. The molecule has 33 heavy (non-hydrogen) atoms. The molecule has 7 rings (SSSR count). The Morgan fingerprint density at radius 3 is 2.55 bits per heavy atom. The summed E-state index contributed by atoms with van der Waals surface area (Å²) >= 11 is 0. The fourth-order valence-corrected chi connectivity index (χ4v) is 5.71. The smallest absolute Gasteiger partial charge is 0.155 e. The number of ether oxygens (including phenoxy) is 1. The van der Waals surface area contributed by atoms with Crippen molar-refractivity contribution in [2.24, 2.45) is 0 Å². The van der Waals surface area contributed by atoms with Crippen LogP contribution < -0.4 is 4.74 Å². The summed E-state index contributed by atoms with van der Waals surface area (Å²) in [6.07, 6.45) is 3.15. The highest BCUT2D eigenvalue weighted by atomic mass is 16.5. The van der Waals surface area contributed by atoms with Crippen LogP contribution in [-0.4, -0.2) is 26.1 Å². The quantitative estimate of drug-likeness (QED) is 0.339. The summed E-state index contributed by atoms with van der Waals surface area (Å²) in [7, 11) is 0. The Kier molecular flexibility index (Phi) is 4.24. The van der Waals surface area contributed by atoms with Crippen LogP contribution in [0, 0.1) is 0 Å². The first kappa shape index (κ1) is 18.8. The van der Waals surface area contributed by atoms with E-state index in [0.717, 1.165) is 36.0 Å². The van der Waals surface area contributed by atoms with Gasteiger partial charge in [-0.25, -0.2) is 9.58 Å². The van der Waals surface area contributed by atoms with Gasteiger partial charge in [0.05, 0.1) is 11.6 Å². The van der Waals surface area contributed by atoms with Gasteiger partial charge in [-0.15, -0.1) is 5.10 Å². The van der Waals surface area contributed by atoms with E-state index in [9.17, 15) is 0 Å². The zero-order valence-corrected chi connectivity index (χ0v) is 18.2. The lowest BCUT2D eigenvalue weighted by atomic mass is 9.87. The molecule has 4 aromatic carbocycles. The lowest BCUT2D eigenvalue weighted by molar-refractivity contribution is -0.100. The van der Waals surface area contributed by atoms with Gasteiger partial charge in [-0.2, -0.15) is 0 Å². The predicted molar refractivity (Wildman–Crippen MR) is 129 cm³/mol. The number of aromatic nitrogens is 3. The van der Waals surface area contributed by atoms with Crippen LogP contribution >= 0.6 is 0 Å². The van der Waals surface area contributed by atoms with Gasteiger partial charge in [-0.05, 0) is 53.8 Å². The molecule has 162 valence electrons. The Bertz CT molecular complexity index is 1460. The van der Waals surface area contributed by atoms with E-state index in [1.807, 2.05) is 12.1 Å². The van der Waals surface area contributed by atoms with Crippen molar-refractivity contribution < 1.29 is 4.74 Å². The van der Waals surface area contributed by atoms with Crippen LogP contribution in [-0.2, 0) is 0 Å². The molecule has 0 radical (unpaired) electrons. The summed E-state index contributed by atoms with van der Waals surface area (Å²) in [4.78, 5) is 2.54. The van der Waals surface area contributed by atoms with Crippen molar-refractivity contribution in [3.8, 4) is 5.75 Å². The van der Waals surface area contributed by atoms with Crippen LogP contribution in [0.1, 0.15) is 42.6 Å². The highest BCUT2D eigenvalue weighted by Gasteiger charge is 2.45. The van der Waals surface area contributed by atoms with Gasteiger partial charge < -0.3 is 4.74 Å². The molecule has 5 nitrogen and oxygen atoms in total. The number of piperidine rings is 1. The van der Waals surface area contributed by atoms with Gasteiger partial charge in [-0.3, -0.25) is 0 Å². The summed E-state index contributed by atoms with van der Waals surface area (Å²) in [5.41, 5.74) is 4.52. The van der Waals surface area contributed by atoms with Crippen molar-refractivity contribution >= 4 is 21.8 Å². The van der Waals surface area contributed by atoms with Crippen molar-refractivity contribution in [2.75, 3.05) is 0 Å². The third kappa shape index (κ3) is 2.89. The molecule has 0 N–H and O–H groups in total. The molecule has 0 amide bonds. The number of fused-ring (bicyclic) bond motifs is 5. The maximum atomic E-state index is 6.70. The molecule has 3 heterocycles. The summed E-state index contributed by atoms with van der Waals surface area (Å²) in [6.45, 7) is 0. The Balaban J connectivity index is 1.48. The molecule has 3 atom stereocenters. The maximum Gasteiger partial charge on any atom is 0.155 e. The number of hydrogen-bond donors (Lipinski definition) is 0. The molecule has 0 aliphatic carbocycles. The maximum absolute atomic E-state index is 6.70. The van der Waals surface area contributed by atoms with Gasteiger partial charge >= 0.3 is 0 Å². The van der Waals surface area contributed by atoms with Crippen molar-refractivity contribution in [1.82, 2.24) is 19.9 Å². The molecule has 0 bridgehead atoms. The van der Waals surface area contributed by atoms with Crippen molar-refractivity contribution in [2.45, 2.75) is 37.7 Å². The number of nitrogens with zero attached hydrogens (tertiary/aromatic N) is 4. The van der Waals surface area contributed by atoms with Crippen LogP contribution in [0.2, 0.25) is 0 Å². The Morgan fingerprint density at radius 2 is 1.61 bits per heavy atom. The average Bonchev–Trinajstić information content (AvgIpc) is 3.31. The van der Waals surface area contributed by atoms with E-state index in [-0.39, 0.29) is 18.4 Å². The topological polar surface area (TPSA) is 43.2 Å². The first-order chi connectivity index (χ1) is 16.4. The SMILES string of the molecule is c1ccc([C@@H]2c3c(ccc4ccccc34)O[C@H]3CCC[C@@H](n4nnc5ccccc54)N23)cc1. The van der Waals surface area contributed by atoms with Crippen LogP contribution in [0.15, 0.2) is 91.0 Å². The molecule has 0 saturated carbocycles. The number of benzene rings is 4. The van der Waals surface area contributed by atoms with Gasteiger partial charge in [0.1, 0.15) is 17.4 Å². The zero-order chi connectivity index (χ0) is 21.8. The molecule has 1 fully saturated rings. The summed E-state index contributed by atoms with van der Waals surface area (Å²) in [6, 6.07) is 32.1. The summed E-state index contributed by atoms with van der Waals surface area (Å²) < 4.78 is 8.81. The minimum atomic E-state index is -0.00872. The lowest BCUT2D eigenvalue weighted by Gasteiger charge is -2.49. The van der Waals surface area contributed by atoms with E-state index in [1.54, 1.807) is 0 Å². The minimum Gasteiger partial charge on any atom is -0.475 e. The van der Waals surface area contributed by atoms with E-state index in [2.05, 4.69) is 98.8 Å². The Morgan fingerprint density at radius 1 is 0.788 bits per heavy atom. The number of rotatable bonds is 2. The first-order valence-corrected chi connectivity index (χ1v) is 11.7. The van der Waals surface area contributed by atoms with Crippen LogP contribution in [0.4, 0.5) is 0 Å². The summed E-state index contributed by atoms with van der Waals surface area (Å²) in [5, 5.41) is 11.6. The van der Waals surface area contributed by atoms with Gasteiger partial charge in [0.25, 0.3) is 0 Å². The van der Waals surface area contributed by atoms with E-state index in [1.165, 1.54) is 21.9 Å². The second kappa shape index (κ2) is 7.42. The van der Waals surface area contributed by atoms with E-state index < -0.39 is 0 Å². The van der Waals surface area contributed by atoms with Gasteiger partial charge in [-0.1, -0.05) is 78.0 Å². The monoisotopic (exact) mass is 432 g/mol. The average molecular weight is 433 g/mol. The standard InChI is InChI=1S/C28H24N4O/c1-2-10-20(11-3-1)28-27-21-12-5-4-9-19(21)17-18-24(27)33-26-16-8-15-25(31(26)28)32-23-14-7-6-13-22(23)29-30-32/h1-7,9-14,17-18,25-26,28H,8,15-16H2/t25-,26+,28-/m1/s1. The molecule has 5 aromatic rings. The van der Waals surface area contributed by atoms with Crippen molar-refractivity contribution in [3.63, 3.8) is 0 Å². The van der Waals surface area contributed by atoms with E-state index >= 15 is 0 Å². The molecule has 2 aliphatic heterocycles. The molecule has 1 saturated heterocycles. The molecule has 1 aromatic heterocycles. The second-order valence-electron chi connectivity index (χ2n) is 8.97. The lowest BCUT2D eigenvalue weighted by Crippen LogP contribution is -2.51. The molecule has 5 heteroatoms. The molecule has 0 spiro atoms. The third-order valence-electron chi connectivity index (χ3n) is 7.13. The van der Waals surface area contributed by atoms with Gasteiger partial charge in [0.2, 0.25) is 0 Å². The highest BCUT2D eigenvalue weighted by Crippen LogP contribution is 2.50. The molecular weight excluding hydrogens is 408 g/mol. The van der Waals surface area contributed by atoms with Gasteiger partial charge in [0.15, 0.2) is 6.23 Å². The molecule has 2 aliphatic rings. The first-order valence-electron chi connectivity index (χ1n) is 11.7. The third-order valence-corrected chi connectivity index (χ3v) is 7.13. The highest BCUT2D eigenvalue weighted by molar-refractivity contribution is 5.89. The normalized spacial score (nSPS) is 22.6. The predicted octanol–water partition coefficient (Wildman–Crippen LogP) is 6.08. The van der Waals surface area contributed by atoms with Crippen molar-refractivity contribution in [1.29, 1.82) is 0 Å². The largest absolute Gasteiger partial charge is 0.475 e. The minimum absolute atomic E-state index is 0.00872. The Labute approximate surface area is 192 Å². The number of para-hydroxylation sites is 1. The van der Waals surface area contributed by atoms with Crippen molar-refractivity contribution in [3.05, 3.63) is 102 Å². The molecular formula is C28H24N4O. The van der Waals surface area contributed by atoms with Gasteiger partial charge in [0, 0.05) is 5.56 Å². The molecule has 0 unspecified atom stereocenters. The van der Waals surface area contributed by atoms with Crippen LogP contribution in [0.3, 0.4) is 0 Å².